The minimum Gasteiger partial charge on any atom is -0.496 e. The van der Waals surface area contributed by atoms with Gasteiger partial charge in [0.2, 0.25) is 21.8 Å². The lowest BCUT2D eigenvalue weighted by Crippen LogP contribution is -2.31. The van der Waals surface area contributed by atoms with E-state index in [-0.39, 0.29) is 41.0 Å². The fourth-order valence-corrected chi connectivity index (χ4v) is 4.95. The number of ether oxygens (including phenoxy) is 2. The van der Waals surface area contributed by atoms with E-state index in [0.29, 0.717) is 6.42 Å². The number of nitrogens with one attached hydrogen (secondary N) is 1. The second-order valence-electron chi connectivity index (χ2n) is 7.27. The Balaban J connectivity index is 1.95. The number of nitrogens with zero attached hydrogens (tertiary/aromatic N) is 1. The first-order chi connectivity index (χ1) is 14.7. The third-order valence-corrected chi connectivity index (χ3v) is 6.75. The van der Waals surface area contributed by atoms with Crippen LogP contribution in [0.2, 0.25) is 0 Å². The van der Waals surface area contributed by atoms with Crippen molar-refractivity contribution < 1.29 is 27.5 Å². The monoisotopic (exact) mass is 446 g/mol. The predicted octanol–water partition coefficient (Wildman–Crippen LogP) is 3.10. The molecular weight excluding hydrogens is 420 g/mol. The summed E-state index contributed by atoms with van der Waals surface area (Å²) in [6.45, 7) is 3.77. The number of methoxy groups -OCH3 is 2. The highest BCUT2D eigenvalue weighted by Crippen LogP contribution is 2.35. The van der Waals surface area contributed by atoms with E-state index < -0.39 is 16.1 Å². The largest absolute Gasteiger partial charge is 0.496 e. The SMILES string of the molecule is CC[C@@H](NS(=O)(=O)c1ccc(OC)c(N2C(=O)CCC2=O)c1)c1ccc(OC)c(C)c1. The molecule has 0 aliphatic carbocycles. The van der Waals surface area contributed by atoms with Gasteiger partial charge in [-0.1, -0.05) is 19.1 Å². The Morgan fingerprint density at radius 3 is 2.16 bits per heavy atom. The molecule has 0 aromatic heterocycles. The molecule has 0 spiro atoms. The number of aryl methyl sites for hydroxylation is 1. The van der Waals surface area contributed by atoms with Gasteiger partial charge < -0.3 is 9.47 Å². The average Bonchev–Trinajstić information content (AvgIpc) is 3.09. The van der Waals surface area contributed by atoms with Crippen molar-refractivity contribution in [3.63, 3.8) is 0 Å². The molecule has 8 nitrogen and oxygen atoms in total. The van der Waals surface area contributed by atoms with E-state index in [0.717, 1.165) is 21.8 Å². The van der Waals surface area contributed by atoms with Crippen molar-refractivity contribution in [2.45, 2.75) is 44.0 Å². The summed E-state index contributed by atoms with van der Waals surface area (Å²) in [5, 5.41) is 0. The Morgan fingerprint density at radius 1 is 1.00 bits per heavy atom. The number of hydrogen-bond donors (Lipinski definition) is 1. The first-order valence-electron chi connectivity index (χ1n) is 9.92. The maximum atomic E-state index is 13.1. The van der Waals surface area contributed by atoms with Crippen molar-refractivity contribution >= 4 is 27.5 Å². The second-order valence-corrected chi connectivity index (χ2v) is 8.98. The fraction of sp³-hybridized carbons (Fsp3) is 0.364. The number of anilines is 1. The van der Waals surface area contributed by atoms with E-state index in [1.165, 1.54) is 25.3 Å². The third-order valence-electron chi connectivity index (χ3n) is 5.28. The standard InChI is InChI=1S/C22H26N2O6S/c1-5-17(15-6-8-19(29-3)14(2)12-15)23-31(27,28)16-7-9-20(30-4)18(13-16)24-21(25)10-11-22(24)26/h6-9,12-13,17,23H,5,10-11H2,1-4H3/t17-/m1/s1. The molecule has 1 atom stereocenters. The van der Waals surface area contributed by atoms with Gasteiger partial charge in [0.15, 0.2) is 0 Å². The van der Waals surface area contributed by atoms with Crippen LogP contribution in [0.1, 0.15) is 43.4 Å². The zero-order valence-corrected chi connectivity index (χ0v) is 18.8. The maximum Gasteiger partial charge on any atom is 0.241 e. The summed E-state index contributed by atoms with van der Waals surface area (Å²) in [4.78, 5) is 25.3. The first kappa shape index (κ1) is 22.8. The molecular formula is C22H26N2O6S. The van der Waals surface area contributed by atoms with Crippen LogP contribution in [-0.2, 0) is 19.6 Å². The maximum absolute atomic E-state index is 13.1. The molecule has 0 unspecified atom stereocenters. The second kappa shape index (κ2) is 9.07. The van der Waals surface area contributed by atoms with Gasteiger partial charge in [-0.3, -0.25) is 9.59 Å². The van der Waals surface area contributed by atoms with Gasteiger partial charge >= 0.3 is 0 Å². The van der Waals surface area contributed by atoms with Crippen LogP contribution in [0, 0.1) is 6.92 Å². The molecule has 31 heavy (non-hydrogen) atoms. The molecule has 1 aliphatic rings. The van der Waals surface area contributed by atoms with Gasteiger partial charge in [-0.05, 0) is 48.7 Å². The smallest absolute Gasteiger partial charge is 0.241 e. The highest BCUT2D eigenvalue weighted by Gasteiger charge is 2.33. The molecule has 2 amide bonds. The molecule has 1 saturated heterocycles. The van der Waals surface area contributed by atoms with E-state index in [1.54, 1.807) is 13.2 Å². The van der Waals surface area contributed by atoms with Gasteiger partial charge in [0.05, 0.1) is 24.8 Å². The lowest BCUT2D eigenvalue weighted by atomic mass is 10.0. The number of sulfonamides is 1. The van der Waals surface area contributed by atoms with Gasteiger partial charge in [0, 0.05) is 18.9 Å². The van der Waals surface area contributed by atoms with Crippen LogP contribution in [0.5, 0.6) is 11.5 Å². The number of benzene rings is 2. The molecule has 166 valence electrons. The van der Waals surface area contributed by atoms with Gasteiger partial charge in [-0.2, -0.15) is 0 Å². The number of carbonyl (C=O) groups is 2. The molecule has 3 rings (SSSR count). The lowest BCUT2D eigenvalue weighted by molar-refractivity contribution is -0.121. The average molecular weight is 447 g/mol. The fourth-order valence-electron chi connectivity index (χ4n) is 3.62. The minimum absolute atomic E-state index is 0.0560. The van der Waals surface area contributed by atoms with Crippen molar-refractivity contribution in [2.24, 2.45) is 0 Å². The summed E-state index contributed by atoms with van der Waals surface area (Å²) >= 11 is 0. The van der Waals surface area contributed by atoms with Gasteiger partial charge in [0.25, 0.3) is 0 Å². The molecule has 0 bridgehead atoms. The molecule has 1 heterocycles. The van der Waals surface area contributed by atoms with Crippen LogP contribution in [0.25, 0.3) is 0 Å². The van der Waals surface area contributed by atoms with E-state index in [4.69, 9.17) is 9.47 Å². The molecule has 1 N–H and O–H groups in total. The summed E-state index contributed by atoms with van der Waals surface area (Å²) in [5.41, 5.74) is 1.84. The van der Waals surface area contributed by atoms with Gasteiger partial charge in [0.1, 0.15) is 11.5 Å². The molecule has 0 radical (unpaired) electrons. The first-order valence-corrected chi connectivity index (χ1v) is 11.4. The molecule has 0 saturated carbocycles. The van der Waals surface area contributed by atoms with Gasteiger partial charge in [-0.15, -0.1) is 0 Å². The number of rotatable bonds is 8. The number of carbonyl (C=O) groups excluding carboxylic acids is 2. The van der Waals surface area contributed by atoms with Gasteiger partial charge in [-0.25, -0.2) is 18.0 Å². The molecule has 1 aliphatic heterocycles. The summed E-state index contributed by atoms with van der Waals surface area (Å²) in [6, 6.07) is 9.19. The summed E-state index contributed by atoms with van der Waals surface area (Å²) < 4.78 is 39.5. The van der Waals surface area contributed by atoms with E-state index >= 15 is 0 Å². The number of imide groups is 1. The third kappa shape index (κ3) is 4.57. The Labute approximate surface area is 182 Å². The summed E-state index contributed by atoms with van der Waals surface area (Å²) in [7, 11) is -0.966. The van der Waals surface area contributed by atoms with Crippen molar-refractivity contribution in [1.82, 2.24) is 4.72 Å². The van der Waals surface area contributed by atoms with E-state index in [9.17, 15) is 18.0 Å². The topological polar surface area (TPSA) is 102 Å². The summed E-state index contributed by atoms with van der Waals surface area (Å²) in [6.07, 6.45) is 0.703. The molecule has 2 aromatic rings. The quantitative estimate of drug-likeness (QED) is 0.625. The van der Waals surface area contributed by atoms with Crippen molar-refractivity contribution in [1.29, 1.82) is 0 Å². The van der Waals surface area contributed by atoms with Crippen molar-refractivity contribution in [3.8, 4) is 11.5 Å². The number of hydrogen-bond acceptors (Lipinski definition) is 6. The van der Waals surface area contributed by atoms with Crippen LogP contribution in [-0.4, -0.2) is 34.5 Å². The van der Waals surface area contributed by atoms with Crippen LogP contribution < -0.4 is 19.1 Å². The molecule has 9 heteroatoms. The Morgan fingerprint density at radius 2 is 1.61 bits per heavy atom. The molecule has 1 fully saturated rings. The summed E-state index contributed by atoms with van der Waals surface area (Å²) in [5.74, 6) is 0.207. The zero-order valence-electron chi connectivity index (χ0n) is 18.0. The van der Waals surface area contributed by atoms with Crippen LogP contribution >= 0.6 is 0 Å². The Hall–Kier alpha value is -2.91. The Kier molecular flexibility index (Phi) is 6.66. The normalized spacial score (nSPS) is 15.3. The van der Waals surface area contributed by atoms with Crippen molar-refractivity contribution in [2.75, 3.05) is 19.1 Å². The van der Waals surface area contributed by atoms with Crippen molar-refractivity contribution in [3.05, 3.63) is 47.5 Å². The Bertz CT molecular complexity index is 1100. The highest BCUT2D eigenvalue weighted by molar-refractivity contribution is 7.89. The van der Waals surface area contributed by atoms with E-state index in [2.05, 4.69) is 4.72 Å². The highest BCUT2D eigenvalue weighted by atomic mass is 32.2. The van der Waals surface area contributed by atoms with Crippen LogP contribution in [0.3, 0.4) is 0 Å². The molecule has 2 aromatic carbocycles. The lowest BCUT2D eigenvalue weighted by Gasteiger charge is -2.21. The zero-order chi connectivity index (χ0) is 22.8. The van der Waals surface area contributed by atoms with Crippen LogP contribution in [0.4, 0.5) is 5.69 Å². The van der Waals surface area contributed by atoms with Crippen LogP contribution in [0.15, 0.2) is 41.3 Å². The minimum atomic E-state index is -3.95. The predicted molar refractivity (Wildman–Crippen MR) is 116 cm³/mol. The van der Waals surface area contributed by atoms with E-state index in [1.807, 2.05) is 26.0 Å². The number of amides is 2.